The molecule has 1 heterocycles. The minimum atomic E-state index is -4.93. The minimum absolute atomic E-state index is 0.0420. The van der Waals surface area contributed by atoms with Crippen molar-refractivity contribution in [2.75, 3.05) is 29.9 Å². The highest BCUT2D eigenvalue weighted by molar-refractivity contribution is 7.92. The van der Waals surface area contributed by atoms with Gasteiger partial charge in [0.15, 0.2) is 0 Å². The summed E-state index contributed by atoms with van der Waals surface area (Å²) in [7, 11) is -4.28. The average Bonchev–Trinajstić information content (AvgIpc) is 2.73. The van der Waals surface area contributed by atoms with E-state index in [-0.39, 0.29) is 35.2 Å². The fraction of sp³-hybridized carbons (Fsp3) is 0.381. The molecule has 2 atom stereocenters. The van der Waals surface area contributed by atoms with Crippen molar-refractivity contribution in [1.29, 1.82) is 0 Å². The minimum Gasteiger partial charge on any atom is -0.492 e. The van der Waals surface area contributed by atoms with Crippen LogP contribution in [0.15, 0.2) is 47.4 Å². The first-order valence-electron chi connectivity index (χ1n) is 10.2. The van der Waals surface area contributed by atoms with Crippen LogP contribution in [0.25, 0.3) is 0 Å². The Balaban J connectivity index is 1.81. The Morgan fingerprint density at radius 3 is 2.65 bits per heavy atom. The highest BCUT2D eigenvalue weighted by Crippen LogP contribution is 2.31. The number of halogens is 3. The molecule has 13 heteroatoms. The van der Waals surface area contributed by atoms with Crippen LogP contribution < -0.4 is 19.5 Å². The normalized spacial score (nSPS) is 18.7. The molecule has 2 aromatic rings. The van der Waals surface area contributed by atoms with Crippen molar-refractivity contribution in [3.8, 4) is 11.5 Å². The molecule has 0 radical (unpaired) electrons. The summed E-state index contributed by atoms with van der Waals surface area (Å²) in [6.07, 6.45) is -5.56. The number of anilines is 2. The smallest absolute Gasteiger partial charge is 0.492 e. The summed E-state index contributed by atoms with van der Waals surface area (Å²) in [6.45, 7) is 2.11. The van der Waals surface area contributed by atoms with E-state index in [1.54, 1.807) is 6.92 Å². The number of carbonyl (C=O) groups excluding carboxylic acids is 1. The maximum absolute atomic E-state index is 12.9. The second-order valence-corrected chi connectivity index (χ2v) is 8.95. The predicted octanol–water partition coefficient (Wildman–Crippen LogP) is 3.12. The van der Waals surface area contributed by atoms with Crippen LogP contribution in [0.3, 0.4) is 0 Å². The van der Waals surface area contributed by atoms with Crippen molar-refractivity contribution >= 4 is 27.3 Å². The van der Waals surface area contributed by atoms with Crippen LogP contribution in [-0.2, 0) is 19.6 Å². The Hall–Kier alpha value is -3.03. The summed E-state index contributed by atoms with van der Waals surface area (Å²) in [6, 6.07) is 8.22. The van der Waals surface area contributed by atoms with Gasteiger partial charge in [-0.3, -0.25) is 9.52 Å². The van der Waals surface area contributed by atoms with Gasteiger partial charge in [0.05, 0.1) is 30.9 Å². The van der Waals surface area contributed by atoms with Gasteiger partial charge in [-0.25, -0.2) is 8.42 Å². The number of alkyl halides is 3. The van der Waals surface area contributed by atoms with Gasteiger partial charge >= 0.3 is 6.36 Å². The second-order valence-electron chi connectivity index (χ2n) is 7.30. The van der Waals surface area contributed by atoms with Crippen LogP contribution in [0.1, 0.15) is 13.3 Å². The van der Waals surface area contributed by atoms with Gasteiger partial charge in [-0.05, 0) is 37.6 Å². The lowest BCUT2D eigenvalue weighted by Crippen LogP contribution is -2.40. The largest absolute Gasteiger partial charge is 0.573 e. The van der Waals surface area contributed by atoms with Gasteiger partial charge in [-0.2, -0.15) is 0 Å². The lowest BCUT2D eigenvalue weighted by molar-refractivity contribution is -0.274. The molecule has 1 fully saturated rings. The summed E-state index contributed by atoms with van der Waals surface area (Å²) in [5, 5.41) is 12.6. The number of hydrogen-bond donors (Lipinski definition) is 3. The summed E-state index contributed by atoms with van der Waals surface area (Å²) >= 11 is 0. The van der Waals surface area contributed by atoms with Crippen LogP contribution in [0, 0.1) is 5.92 Å². The van der Waals surface area contributed by atoms with E-state index in [4.69, 9.17) is 9.47 Å². The molecular weight excluding hydrogens is 481 g/mol. The molecule has 2 aromatic carbocycles. The first-order valence-corrected chi connectivity index (χ1v) is 11.7. The Morgan fingerprint density at radius 2 is 1.97 bits per heavy atom. The van der Waals surface area contributed by atoms with E-state index in [1.807, 2.05) is 0 Å². The van der Waals surface area contributed by atoms with Crippen molar-refractivity contribution in [3.63, 3.8) is 0 Å². The molecule has 0 aliphatic carbocycles. The third kappa shape index (κ3) is 6.74. The fourth-order valence-corrected chi connectivity index (χ4v) is 4.48. The number of benzene rings is 2. The molecule has 186 valence electrons. The topological polar surface area (TPSA) is 123 Å². The number of nitrogens with one attached hydrogen (secondary N) is 2. The SMILES string of the molecule is CCOc1cc(NC(=O)[C@H]2CCOC[C@H]2O)ccc1S(=O)(=O)Nc1cccc(OC(F)(F)F)c1. The Bertz CT molecular complexity index is 1130. The predicted molar refractivity (Wildman–Crippen MR) is 115 cm³/mol. The number of aliphatic hydroxyl groups excluding tert-OH is 1. The van der Waals surface area contributed by atoms with Gasteiger partial charge in [-0.1, -0.05) is 6.07 Å². The molecule has 0 bridgehead atoms. The number of amides is 1. The van der Waals surface area contributed by atoms with E-state index in [0.717, 1.165) is 12.1 Å². The number of aliphatic hydroxyl groups is 1. The first-order chi connectivity index (χ1) is 16.0. The van der Waals surface area contributed by atoms with Crippen molar-refractivity contribution < 1.29 is 45.7 Å². The molecule has 0 aromatic heterocycles. The van der Waals surface area contributed by atoms with E-state index in [9.17, 15) is 31.5 Å². The zero-order chi connectivity index (χ0) is 24.9. The van der Waals surface area contributed by atoms with E-state index in [2.05, 4.69) is 14.8 Å². The van der Waals surface area contributed by atoms with E-state index in [1.165, 1.54) is 30.3 Å². The highest BCUT2D eigenvalue weighted by Gasteiger charge is 2.32. The summed E-state index contributed by atoms with van der Waals surface area (Å²) in [5.41, 5.74) is 0.0850. The van der Waals surface area contributed by atoms with Crippen molar-refractivity contribution in [2.45, 2.75) is 30.7 Å². The molecule has 1 aliphatic rings. The number of carbonyl (C=O) groups is 1. The molecule has 1 aliphatic heterocycles. The lowest BCUT2D eigenvalue weighted by atomic mass is 9.96. The molecular formula is C21H23F3N2O7S. The first kappa shape index (κ1) is 25.6. The standard InChI is InChI=1S/C21H23F3N2O7S/c1-2-32-18-11-13(25-20(28)16-8-9-31-12-17(16)27)6-7-19(18)34(29,30)26-14-4-3-5-15(10-14)33-21(22,23)24/h3-7,10-11,16-17,26-27H,2,8-9,12H2,1H3,(H,25,28)/t16-,17+/m0/s1. The maximum Gasteiger partial charge on any atom is 0.573 e. The van der Waals surface area contributed by atoms with Gasteiger partial charge < -0.3 is 24.6 Å². The molecule has 3 N–H and O–H groups in total. The van der Waals surface area contributed by atoms with Gasteiger partial charge in [-0.15, -0.1) is 13.2 Å². The molecule has 9 nitrogen and oxygen atoms in total. The van der Waals surface area contributed by atoms with Crippen LogP contribution >= 0.6 is 0 Å². The molecule has 0 spiro atoms. The van der Waals surface area contributed by atoms with Gasteiger partial charge in [0.1, 0.15) is 16.4 Å². The molecule has 0 unspecified atom stereocenters. The Labute approximate surface area is 193 Å². The number of ether oxygens (including phenoxy) is 3. The van der Waals surface area contributed by atoms with Crippen LogP contribution in [-0.4, -0.2) is 51.7 Å². The van der Waals surface area contributed by atoms with Gasteiger partial charge in [0.25, 0.3) is 10.0 Å². The van der Waals surface area contributed by atoms with Crippen molar-refractivity contribution in [1.82, 2.24) is 0 Å². The summed E-state index contributed by atoms with van der Waals surface area (Å²) in [4.78, 5) is 12.2. The molecule has 34 heavy (non-hydrogen) atoms. The van der Waals surface area contributed by atoms with Crippen molar-refractivity contribution in [2.24, 2.45) is 5.92 Å². The highest BCUT2D eigenvalue weighted by atomic mass is 32.2. The molecule has 3 rings (SSSR count). The van der Waals surface area contributed by atoms with Crippen LogP contribution in [0.4, 0.5) is 24.5 Å². The molecule has 1 saturated heterocycles. The maximum atomic E-state index is 12.9. The van der Waals surface area contributed by atoms with E-state index >= 15 is 0 Å². The zero-order valence-electron chi connectivity index (χ0n) is 18.0. The number of hydrogen-bond acceptors (Lipinski definition) is 7. The second kappa shape index (κ2) is 10.5. The average molecular weight is 504 g/mol. The number of rotatable bonds is 8. The molecule has 1 amide bonds. The Morgan fingerprint density at radius 1 is 1.21 bits per heavy atom. The molecule has 0 saturated carbocycles. The zero-order valence-corrected chi connectivity index (χ0v) is 18.8. The number of sulfonamides is 1. The van der Waals surface area contributed by atoms with Crippen molar-refractivity contribution in [3.05, 3.63) is 42.5 Å². The van der Waals surface area contributed by atoms with Crippen LogP contribution in [0.5, 0.6) is 11.5 Å². The third-order valence-corrected chi connectivity index (χ3v) is 6.20. The quantitative estimate of drug-likeness (QED) is 0.505. The van der Waals surface area contributed by atoms with E-state index in [0.29, 0.717) is 13.0 Å². The summed E-state index contributed by atoms with van der Waals surface area (Å²) < 4.78 is 79.8. The summed E-state index contributed by atoms with van der Waals surface area (Å²) in [5.74, 6) is -1.80. The lowest BCUT2D eigenvalue weighted by Gasteiger charge is -2.26. The Kier molecular flexibility index (Phi) is 7.89. The third-order valence-electron chi connectivity index (χ3n) is 4.78. The van der Waals surface area contributed by atoms with Gasteiger partial charge in [0.2, 0.25) is 5.91 Å². The fourth-order valence-electron chi connectivity index (χ4n) is 3.31. The van der Waals surface area contributed by atoms with Crippen LogP contribution in [0.2, 0.25) is 0 Å². The van der Waals surface area contributed by atoms with Gasteiger partial charge in [0, 0.05) is 24.4 Å². The van der Waals surface area contributed by atoms with E-state index < -0.39 is 40.1 Å². The monoisotopic (exact) mass is 504 g/mol.